The van der Waals surface area contributed by atoms with E-state index in [2.05, 4.69) is 25.9 Å². The van der Waals surface area contributed by atoms with Gasteiger partial charge in [0, 0.05) is 17.8 Å². The van der Waals surface area contributed by atoms with Crippen molar-refractivity contribution in [1.29, 1.82) is 0 Å². The summed E-state index contributed by atoms with van der Waals surface area (Å²) in [4.78, 5) is 20.4. The fraction of sp³-hybridized carbons (Fsp3) is 0.462. The van der Waals surface area contributed by atoms with Crippen molar-refractivity contribution in [1.82, 2.24) is 14.4 Å². The maximum atomic E-state index is 11.8. The fourth-order valence-corrected chi connectivity index (χ4v) is 4.69. The normalized spacial score (nSPS) is 30.8. The average molecular weight is 357 g/mol. The number of aromatic nitrogens is 3. The van der Waals surface area contributed by atoms with Crippen molar-refractivity contribution < 1.29 is 9.53 Å². The predicted molar refractivity (Wildman–Crippen MR) is 75.7 cm³/mol. The van der Waals surface area contributed by atoms with Crippen molar-refractivity contribution in [2.75, 3.05) is 7.11 Å². The van der Waals surface area contributed by atoms with E-state index >= 15 is 0 Å². The minimum absolute atomic E-state index is 0.0200. The molecule has 104 valence electrons. The molecule has 3 aliphatic rings. The van der Waals surface area contributed by atoms with Crippen LogP contribution in [0.15, 0.2) is 17.0 Å². The average Bonchev–Trinajstić information content (AvgIpc) is 2.65. The Morgan fingerprint density at radius 3 is 2.85 bits per heavy atom. The molecule has 0 aliphatic heterocycles. The molecule has 5 rings (SSSR count). The van der Waals surface area contributed by atoms with Gasteiger partial charge < -0.3 is 4.74 Å². The van der Waals surface area contributed by atoms with Crippen LogP contribution in [0.4, 0.5) is 0 Å². The molecule has 2 bridgehead atoms. The molecule has 2 aromatic rings. The smallest absolute Gasteiger partial charge is 0.311 e. The Morgan fingerprint density at radius 2 is 2.20 bits per heavy atom. The molecule has 0 aromatic carbocycles. The van der Waals surface area contributed by atoms with Crippen molar-refractivity contribution in [2.45, 2.75) is 24.7 Å². The maximum absolute atomic E-state index is 11.8. The van der Waals surface area contributed by atoms with Crippen LogP contribution < -0.4 is 0 Å². The molecular weight excluding hydrogens is 346 g/mol. The van der Waals surface area contributed by atoms with Crippen LogP contribution in [0.2, 0.25) is 5.15 Å². The minimum atomic E-state index is -0.274. The van der Waals surface area contributed by atoms with Gasteiger partial charge >= 0.3 is 5.97 Å². The third-order valence-corrected chi connectivity index (χ3v) is 5.42. The lowest BCUT2D eigenvalue weighted by Crippen LogP contribution is -2.68. The zero-order valence-corrected chi connectivity index (χ0v) is 13.0. The molecule has 0 saturated heterocycles. The summed E-state index contributed by atoms with van der Waals surface area (Å²) in [6.45, 7) is 0. The van der Waals surface area contributed by atoms with Crippen molar-refractivity contribution in [3.8, 4) is 0 Å². The van der Waals surface area contributed by atoms with Crippen LogP contribution >= 0.6 is 27.5 Å². The van der Waals surface area contributed by atoms with Gasteiger partial charge in [0.25, 0.3) is 0 Å². The molecule has 0 radical (unpaired) electrons. The molecule has 0 spiro atoms. The van der Waals surface area contributed by atoms with Gasteiger partial charge in [0.15, 0.2) is 5.15 Å². The molecule has 0 atom stereocenters. The summed E-state index contributed by atoms with van der Waals surface area (Å²) >= 11 is 9.56. The SMILES string of the molecule is COC(=O)C12CC(c3nc(Br)c4c(Cl)nccn34)(C1)C2. The van der Waals surface area contributed by atoms with Crippen LogP contribution in [0.3, 0.4) is 0 Å². The van der Waals surface area contributed by atoms with Gasteiger partial charge in [-0.1, -0.05) is 11.6 Å². The number of carbonyl (C=O) groups excluding carboxylic acids is 1. The Labute approximate surface area is 128 Å². The van der Waals surface area contributed by atoms with E-state index in [1.54, 1.807) is 6.20 Å². The second kappa shape index (κ2) is 3.74. The monoisotopic (exact) mass is 355 g/mol. The quantitative estimate of drug-likeness (QED) is 0.776. The van der Waals surface area contributed by atoms with E-state index in [1.807, 2.05) is 10.6 Å². The standard InChI is InChI=1S/C13H11BrClN3O2/c1-20-11(19)13-4-12(5-13,6-13)10-17-8(14)7-9(15)16-2-3-18(7)10/h2-3H,4-6H2,1H3. The Balaban J connectivity index is 1.77. The Hall–Kier alpha value is -1.14. The number of carbonyl (C=O) groups is 1. The summed E-state index contributed by atoms with van der Waals surface area (Å²) in [6, 6.07) is 0. The first kappa shape index (κ1) is 12.6. The highest BCUT2D eigenvalue weighted by Gasteiger charge is 2.74. The molecule has 0 unspecified atom stereocenters. The number of rotatable bonds is 2. The predicted octanol–water partition coefficient (Wildman–Crippen LogP) is 2.74. The first-order valence-electron chi connectivity index (χ1n) is 6.28. The number of hydrogen-bond acceptors (Lipinski definition) is 4. The van der Waals surface area contributed by atoms with Crippen molar-refractivity contribution in [3.63, 3.8) is 0 Å². The highest BCUT2D eigenvalue weighted by molar-refractivity contribution is 9.10. The lowest BCUT2D eigenvalue weighted by molar-refractivity contribution is -0.199. The van der Waals surface area contributed by atoms with Gasteiger partial charge in [-0.25, -0.2) is 9.97 Å². The molecular formula is C13H11BrClN3O2. The van der Waals surface area contributed by atoms with E-state index in [4.69, 9.17) is 16.3 Å². The van der Waals surface area contributed by atoms with Gasteiger partial charge in [0.05, 0.1) is 12.5 Å². The Morgan fingerprint density at radius 1 is 1.50 bits per heavy atom. The number of hydrogen-bond donors (Lipinski definition) is 0. The summed E-state index contributed by atoms with van der Waals surface area (Å²) in [7, 11) is 1.45. The number of esters is 1. The third kappa shape index (κ3) is 1.31. The summed E-state index contributed by atoms with van der Waals surface area (Å²) in [5.74, 6) is 0.855. The molecule has 2 aromatic heterocycles. The van der Waals surface area contributed by atoms with Crippen LogP contribution in [-0.4, -0.2) is 27.4 Å². The Kier molecular flexibility index (Phi) is 2.35. The minimum Gasteiger partial charge on any atom is -0.469 e. The zero-order valence-electron chi connectivity index (χ0n) is 10.7. The molecule has 0 amide bonds. The molecule has 3 fully saturated rings. The van der Waals surface area contributed by atoms with Gasteiger partial charge in [-0.05, 0) is 35.2 Å². The highest BCUT2D eigenvalue weighted by atomic mass is 79.9. The summed E-state index contributed by atoms with van der Waals surface area (Å²) in [5, 5.41) is 0.424. The van der Waals surface area contributed by atoms with Crippen LogP contribution in [0.1, 0.15) is 25.1 Å². The fourth-order valence-electron chi connectivity index (χ4n) is 3.79. The first-order valence-corrected chi connectivity index (χ1v) is 7.45. The van der Waals surface area contributed by atoms with Crippen molar-refractivity contribution >= 4 is 39.0 Å². The molecule has 5 nitrogen and oxygen atoms in total. The molecule has 2 heterocycles. The van der Waals surface area contributed by atoms with Crippen LogP contribution in [0.5, 0.6) is 0 Å². The topological polar surface area (TPSA) is 56.5 Å². The van der Waals surface area contributed by atoms with Gasteiger partial charge in [0.2, 0.25) is 0 Å². The Bertz CT molecular complexity index is 738. The van der Waals surface area contributed by atoms with Gasteiger partial charge in [-0.2, -0.15) is 0 Å². The summed E-state index contributed by atoms with van der Waals surface area (Å²) in [6.07, 6.45) is 5.93. The second-order valence-electron chi connectivity index (χ2n) is 5.75. The largest absolute Gasteiger partial charge is 0.469 e. The first-order chi connectivity index (χ1) is 9.51. The van der Waals surface area contributed by atoms with Crippen LogP contribution in [-0.2, 0) is 14.9 Å². The van der Waals surface area contributed by atoms with E-state index < -0.39 is 0 Å². The number of nitrogens with zero attached hydrogens (tertiary/aromatic N) is 3. The van der Waals surface area contributed by atoms with E-state index in [9.17, 15) is 4.79 Å². The highest BCUT2D eigenvalue weighted by Crippen LogP contribution is 2.73. The molecule has 0 N–H and O–H groups in total. The third-order valence-electron chi connectivity index (χ3n) is 4.59. The van der Waals surface area contributed by atoms with Crippen molar-refractivity contribution in [3.05, 3.63) is 28.0 Å². The van der Waals surface area contributed by atoms with Crippen LogP contribution in [0.25, 0.3) is 5.52 Å². The van der Waals surface area contributed by atoms with E-state index in [0.717, 1.165) is 30.6 Å². The maximum Gasteiger partial charge on any atom is 0.311 e. The number of ether oxygens (including phenoxy) is 1. The van der Waals surface area contributed by atoms with E-state index in [-0.39, 0.29) is 16.8 Å². The van der Waals surface area contributed by atoms with E-state index in [0.29, 0.717) is 9.76 Å². The molecule has 3 saturated carbocycles. The number of methoxy groups -OCH3 is 1. The molecule has 3 aliphatic carbocycles. The van der Waals surface area contributed by atoms with Crippen molar-refractivity contribution in [2.24, 2.45) is 5.41 Å². The van der Waals surface area contributed by atoms with Gasteiger partial charge in [-0.3, -0.25) is 9.20 Å². The lowest BCUT2D eigenvalue weighted by Gasteiger charge is -2.67. The second-order valence-corrected chi connectivity index (χ2v) is 6.85. The summed E-state index contributed by atoms with van der Waals surface area (Å²) in [5.41, 5.74) is 0.485. The number of fused-ring (bicyclic) bond motifs is 1. The number of halogens is 2. The summed E-state index contributed by atoms with van der Waals surface area (Å²) < 4.78 is 7.55. The van der Waals surface area contributed by atoms with Crippen LogP contribution in [0, 0.1) is 5.41 Å². The zero-order chi connectivity index (χ0) is 14.1. The van der Waals surface area contributed by atoms with Gasteiger partial charge in [-0.15, -0.1) is 0 Å². The lowest BCUT2D eigenvalue weighted by atomic mass is 9.35. The number of imidazole rings is 1. The molecule has 20 heavy (non-hydrogen) atoms. The van der Waals surface area contributed by atoms with E-state index in [1.165, 1.54) is 7.11 Å². The molecule has 7 heteroatoms. The van der Waals surface area contributed by atoms with Gasteiger partial charge in [0.1, 0.15) is 15.9 Å².